The number of hydrogen-bond donors (Lipinski definition) is 2. The van der Waals surface area contributed by atoms with Gasteiger partial charge in [0.05, 0.1) is 13.2 Å². The molecule has 0 aliphatic heterocycles. The van der Waals surface area contributed by atoms with Crippen LogP contribution < -0.4 is 5.73 Å². The van der Waals surface area contributed by atoms with Crippen LogP contribution in [-0.4, -0.2) is 49.3 Å². The van der Waals surface area contributed by atoms with Crippen molar-refractivity contribution >= 4 is 19.8 Å². The van der Waals surface area contributed by atoms with Gasteiger partial charge in [-0.2, -0.15) is 0 Å². The van der Waals surface area contributed by atoms with Crippen LogP contribution >= 0.6 is 7.82 Å². The van der Waals surface area contributed by atoms with E-state index in [1.165, 1.54) is 19.3 Å². The van der Waals surface area contributed by atoms with Crippen LogP contribution in [0.3, 0.4) is 0 Å². The number of rotatable bonds is 43. The summed E-state index contributed by atoms with van der Waals surface area (Å²) in [6.45, 7) is 3.53. The smallest absolute Gasteiger partial charge is 0.462 e. The zero-order valence-corrected chi connectivity index (χ0v) is 39.7. The summed E-state index contributed by atoms with van der Waals surface area (Å²) in [5, 5.41) is 0. The predicted octanol–water partition coefficient (Wildman–Crippen LogP) is 14.3. The molecule has 9 nitrogen and oxygen atoms in total. The van der Waals surface area contributed by atoms with Crippen molar-refractivity contribution in [3.05, 3.63) is 109 Å². The van der Waals surface area contributed by atoms with Crippen molar-refractivity contribution in [3.8, 4) is 0 Å². The highest BCUT2D eigenvalue weighted by Gasteiger charge is 2.26. The van der Waals surface area contributed by atoms with Crippen molar-refractivity contribution in [2.45, 2.75) is 180 Å². The Kier molecular flexibility index (Phi) is 44.6. The van der Waals surface area contributed by atoms with Crippen LogP contribution in [0.5, 0.6) is 0 Å². The second-order valence-electron chi connectivity index (χ2n) is 15.2. The number of nitrogens with two attached hydrogens (primary N) is 1. The Balaban J connectivity index is 4.16. The van der Waals surface area contributed by atoms with Crippen LogP contribution in [0.1, 0.15) is 174 Å². The lowest BCUT2D eigenvalue weighted by atomic mass is 10.1. The van der Waals surface area contributed by atoms with Crippen LogP contribution in [0.25, 0.3) is 0 Å². The van der Waals surface area contributed by atoms with Crippen LogP contribution in [-0.2, 0) is 32.7 Å². The molecule has 3 N–H and O–H groups in total. The number of phosphoric ester groups is 1. The number of carbonyl (C=O) groups is 2. The van der Waals surface area contributed by atoms with Crippen molar-refractivity contribution in [3.63, 3.8) is 0 Å². The first-order valence-electron chi connectivity index (χ1n) is 23.9. The topological polar surface area (TPSA) is 134 Å². The number of allylic oxidation sites excluding steroid dienone is 18. The molecule has 0 aromatic rings. The molecule has 2 unspecified atom stereocenters. The molecule has 0 spiro atoms. The average Bonchev–Trinajstić information content (AvgIpc) is 3.26. The second kappa shape index (κ2) is 47.2. The fourth-order valence-electron chi connectivity index (χ4n) is 5.88. The van der Waals surface area contributed by atoms with Gasteiger partial charge in [-0.15, -0.1) is 0 Å². The molecule has 0 aliphatic rings. The molecule has 0 radical (unpaired) electrons. The summed E-state index contributed by atoms with van der Waals surface area (Å²) in [4.78, 5) is 34.9. The summed E-state index contributed by atoms with van der Waals surface area (Å²) in [5.74, 6) is -0.879. The predicted molar refractivity (Wildman–Crippen MR) is 261 cm³/mol. The van der Waals surface area contributed by atoms with Crippen molar-refractivity contribution in [1.29, 1.82) is 0 Å². The van der Waals surface area contributed by atoms with Gasteiger partial charge in [-0.05, 0) is 103 Å². The second-order valence-corrected chi connectivity index (χ2v) is 16.7. The lowest BCUT2D eigenvalue weighted by Gasteiger charge is -2.19. The van der Waals surface area contributed by atoms with Gasteiger partial charge >= 0.3 is 19.8 Å². The third-order valence-corrected chi connectivity index (χ3v) is 10.4. The van der Waals surface area contributed by atoms with E-state index in [2.05, 4.69) is 123 Å². The van der Waals surface area contributed by atoms with E-state index in [9.17, 15) is 19.0 Å². The van der Waals surface area contributed by atoms with Crippen molar-refractivity contribution in [2.75, 3.05) is 26.4 Å². The molecule has 0 fully saturated rings. The molecule has 0 aliphatic carbocycles. The molecule has 0 saturated heterocycles. The van der Waals surface area contributed by atoms with Crippen molar-refractivity contribution in [1.82, 2.24) is 0 Å². The number of unbranched alkanes of at least 4 members (excludes halogenated alkanes) is 12. The Labute approximate surface area is 378 Å². The Morgan fingerprint density at radius 3 is 1.34 bits per heavy atom. The normalized spacial score (nSPS) is 14.2. The Hall–Kier alpha value is -3.33. The van der Waals surface area contributed by atoms with Gasteiger partial charge in [0.25, 0.3) is 0 Å². The Bertz CT molecular complexity index is 1380. The van der Waals surface area contributed by atoms with E-state index in [-0.39, 0.29) is 32.6 Å². The minimum Gasteiger partial charge on any atom is -0.462 e. The van der Waals surface area contributed by atoms with Gasteiger partial charge in [0, 0.05) is 19.4 Å². The Morgan fingerprint density at radius 1 is 0.500 bits per heavy atom. The fraction of sp³-hybridized carbons (Fsp3) is 0.615. The van der Waals surface area contributed by atoms with E-state index in [1.807, 2.05) is 0 Å². The van der Waals surface area contributed by atoms with E-state index < -0.39 is 32.5 Å². The highest BCUT2D eigenvalue weighted by molar-refractivity contribution is 7.47. The first-order chi connectivity index (χ1) is 30.3. The lowest BCUT2D eigenvalue weighted by Crippen LogP contribution is -2.29. The third-order valence-electron chi connectivity index (χ3n) is 9.39. The van der Waals surface area contributed by atoms with Gasteiger partial charge in [-0.25, -0.2) is 4.57 Å². The van der Waals surface area contributed by atoms with E-state index in [4.69, 9.17) is 24.3 Å². The molecule has 0 bridgehead atoms. The molecular weight excluding hydrogens is 798 g/mol. The molecule has 0 rings (SSSR count). The van der Waals surface area contributed by atoms with Gasteiger partial charge in [-0.1, -0.05) is 168 Å². The minimum absolute atomic E-state index is 0.0417. The summed E-state index contributed by atoms with van der Waals surface area (Å²) in [6.07, 6.45) is 62.7. The molecule has 2 atom stereocenters. The van der Waals surface area contributed by atoms with E-state index in [0.29, 0.717) is 12.8 Å². The van der Waals surface area contributed by atoms with E-state index in [1.54, 1.807) is 0 Å². The molecule has 0 aromatic heterocycles. The molecule has 352 valence electrons. The van der Waals surface area contributed by atoms with Gasteiger partial charge < -0.3 is 20.1 Å². The summed E-state index contributed by atoms with van der Waals surface area (Å²) >= 11 is 0. The van der Waals surface area contributed by atoms with Crippen molar-refractivity contribution in [2.24, 2.45) is 5.73 Å². The third kappa shape index (κ3) is 46.2. The van der Waals surface area contributed by atoms with Gasteiger partial charge in [-0.3, -0.25) is 18.6 Å². The number of ether oxygens (including phenoxy) is 2. The summed E-state index contributed by atoms with van der Waals surface area (Å²) in [5.41, 5.74) is 5.35. The summed E-state index contributed by atoms with van der Waals surface area (Å²) in [6, 6.07) is 0. The molecule has 0 amide bonds. The number of phosphoric acid groups is 1. The SMILES string of the molecule is CC/C=C\C/C=C\C/C=C\C/C=C\C/C=C\C/C=C\C/C=C\C/C=C\CCCCCCC(=O)OC(COC(=O)CCCCCCC/C=C\CCCCC)COP(=O)(O)OCCN. The fourth-order valence-corrected chi connectivity index (χ4v) is 6.64. The summed E-state index contributed by atoms with van der Waals surface area (Å²) in [7, 11) is -4.39. The van der Waals surface area contributed by atoms with E-state index >= 15 is 0 Å². The molecular formula is C52H86NO8P. The standard InChI is InChI=1S/C52H86NO8P/c1-3-5-7-9-11-13-15-17-18-19-20-21-22-23-24-25-26-27-28-29-30-31-32-33-35-37-39-41-43-45-52(55)61-50(49-60-62(56,57)59-47-46-53)48-58-51(54)44-42-40-38-36-34-16-14-12-10-8-6-4-2/h5,7,11-14,17-18,20-21,23-24,26-27,29-30,32-33,50H,3-4,6,8-10,15-16,19,22,25,28,31,34-49,53H2,1-2H3,(H,56,57)/b7-5-,13-11-,14-12-,18-17-,21-20-,24-23-,27-26-,30-29-,33-32-. The number of carbonyl (C=O) groups excluding carboxylic acids is 2. The highest BCUT2D eigenvalue weighted by Crippen LogP contribution is 2.43. The Morgan fingerprint density at radius 2 is 0.887 bits per heavy atom. The van der Waals surface area contributed by atoms with Crippen molar-refractivity contribution < 1.29 is 37.6 Å². The zero-order valence-electron chi connectivity index (χ0n) is 38.8. The molecule has 10 heteroatoms. The van der Waals surface area contributed by atoms with Gasteiger partial charge in [0.2, 0.25) is 0 Å². The van der Waals surface area contributed by atoms with Gasteiger partial charge in [0.15, 0.2) is 6.10 Å². The molecule has 0 aromatic carbocycles. The number of esters is 2. The summed E-state index contributed by atoms with van der Waals surface area (Å²) < 4.78 is 32.8. The highest BCUT2D eigenvalue weighted by atomic mass is 31.2. The first kappa shape index (κ1) is 58.7. The quantitative estimate of drug-likeness (QED) is 0.0266. The lowest BCUT2D eigenvalue weighted by molar-refractivity contribution is -0.161. The maximum atomic E-state index is 12.6. The zero-order chi connectivity index (χ0) is 45.3. The largest absolute Gasteiger partial charge is 0.472 e. The van der Waals surface area contributed by atoms with Crippen LogP contribution in [0.2, 0.25) is 0 Å². The molecule has 0 saturated carbocycles. The van der Waals surface area contributed by atoms with Gasteiger partial charge in [0.1, 0.15) is 6.61 Å². The van der Waals surface area contributed by atoms with E-state index in [0.717, 1.165) is 116 Å². The maximum Gasteiger partial charge on any atom is 0.472 e. The van der Waals surface area contributed by atoms with Crippen LogP contribution in [0, 0.1) is 0 Å². The first-order valence-corrected chi connectivity index (χ1v) is 25.4. The monoisotopic (exact) mass is 884 g/mol. The number of hydrogen-bond acceptors (Lipinski definition) is 8. The minimum atomic E-state index is -4.39. The molecule has 0 heterocycles. The van der Waals surface area contributed by atoms with Crippen LogP contribution in [0.15, 0.2) is 109 Å². The molecule has 62 heavy (non-hydrogen) atoms. The maximum absolute atomic E-state index is 12.6. The average molecular weight is 884 g/mol. The van der Waals surface area contributed by atoms with Crippen LogP contribution in [0.4, 0.5) is 0 Å².